The topological polar surface area (TPSA) is 72.5 Å². The van der Waals surface area contributed by atoms with Crippen molar-refractivity contribution in [1.82, 2.24) is 14.9 Å². The second-order valence-corrected chi connectivity index (χ2v) is 3.78. The molecule has 0 unspecified atom stereocenters. The van der Waals surface area contributed by atoms with Gasteiger partial charge in [0.05, 0.1) is 13.3 Å². The zero-order chi connectivity index (χ0) is 13.1. The fraction of sp³-hybridized carbons (Fsp3) is 0.250. The van der Waals surface area contributed by atoms with Crippen LogP contribution in [0.3, 0.4) is 0 Å². The summed E-state index contributed by atoms with van der Waals surface area (Å²) in [4.78, 5) is 0. The Labute approximate surface area is 105 Å². The van der Waals surface area contributed by atoms with E-state index in [1.165, 1.54) is 0 Å². The number of phenolic OH excluding ortho intramolecular Hbond substituents is 1. The molecule has 6 nitrogen and oxygen atoms in total. The molecule has 1 heterocycles. The van der Waals surface area contributed by atoms with Crippen molar-refractivity contribution in [2.75, 3.05) is 7.11 Å². The smallest absolute Gasteiger partial charge is 0.151 e. The van der Waals surface area contributed by atoms with Gasteiger partial charge >= 0.3 is 0 Å². The van der Waals surface area contributed by atoms with E-state index in [0.29, 0.717) is 23.0 Å². The summed E-state index contributed by atoms with van der Waals surface area (Å²) in [6.45, 7) is 3.62. The molecule has 0 spiro atoms. The van der Waals surface area contributed by atoms with Crippen LogP contribution < -0.4 is 4.74 Å². The van der Waals surface area contributed by atoms with Crippen molar-refractivity contribution in [1.29, 1.82) is 0 Å². The molecule has 1 aromatic heterocycles. The molecule has 0 aliphatic heterocycles. The Morgan fingerprint density at radius 1 is 1.28 bits per heavy atom. The van der Waals surface area contributed by atoms with E-state index in [2.05, 4.69) is 15.3 Å². The summed E-state index contributed by atoms with van der Waals surface area (Å²) in [7, 11) is 1.57. The van der Waals surface area contributed by atoms with Crippen LogP contribution in [0.1, 0.15) is 17.2 Å². The van der Waals surface area contributed by atoms with E-state index in [1.54, 1.807) is 36.2 Å². The van der Waals surface area contributed by atoms with Crippen LogP contribution in [0.15, 0.2) is 23.3 Å². The quantitative estimate of drug-likeness (QED) is 0.833. The summed E-state index contributed by atoms with van der Waals surface area (Å²) in [5.41, 5.74) is 0.571. The van der Waals surface area contributed by atoms with Gasteiger partial charge in [0.25, 0.3) is 0 Å². The highest BCUT2D eigenvalue weighted by Crippen LogP contribution is 2.21. The highest BCUT2D eigenvalue weighted by molar-refractivity contribution is 5.83. The molecule has 0 radical (unpaired) electrons. The van der Waals surface area contributed by atoms with Gasteiger partial charge in [0.15, 0.2) is 11.6 Å². The maximum atomic E-state index is 9.71. The monoisotopic (exact) mass is 246 g/mol. The summed E-state index contributed by atoms with van der Waals surface area (Å²) in [6.07, 6.45) is 1.54. The first-order valence-electron chi connectivity index (χ1n) is 5.42. The lowest BCUT2D eigenvalue weighted by Crippen LogP contribution is -1.96. The molecule has 0 atom stereocenters. The Morgan fingerprint density at radius 2 is 1.94 bits per heavy atom. The molecule has 0 bridgehead atoms. The third-order valence-corrected chi connectivity index (χ3v) is 2.50. The SMILES string of the molecule is COc1ccc(O)c(/C=N/n2c(C)nnc2C)c1. The number of phenols is 1. The lowest BCUT2D eigenvalue weighted by atomic mass is 10.2. The maximum absolute atomic E-state index is 9.71. The summed E-state index contributed by atoms with van der Waals surface area (Å²) in [5, 5.41) is 21.7. The molecule has 1 N–H and O–H groups in total. The van der Waals surface area contributed by atoms with Crippen LogP contribution in [-0.4, -0.2) is 33.3 Å². The fourth-order valence-electron chi connectivity index (χ4n) is 1.51. The largest absolute Gasteiger partial charge is 0.507 e. The third-order valence-electron chi connectivity index (χ3n) is 2.50. The first-order valence-corrected chi connectivity index (χ1v) is 5.42. The standard InChI is InChI=1S/C12H14N4O2/c1-8-14-15-9(2)16(8)13-7-10-6-11(18-3)4-5-12(10)17/h4-7,17H,1-3H3/b13-7+. The normalized spacial score (nSPS) is 11.1. The minimum absolute atomic E-state index is 0.142. The second-order valence-electron chi connectivity index (χ2n) is 3.78. The minimum atomic E-state index is 0.142. The number of nitrogens with zero attached hydrogens (tertiary/aromatic N) is 4. The van der Waals surface area contributed by atoms with E-state index in [0.717, 1.165) is 0 Å². The molecule has 0 aliphatic carbocycles. The van der Waals surface area contributed by atoms with Crippen LogP contribution >= 0.6 is 0 Å². The average Bonchev–Trinajstić information content (AvgIpc) is 2.68. The Kier molecular flexibility index (Phi) is 3.27. The Hall–Kier alpha value is -2.37. The van der Waals surface area contributed by atoms with E-state index in [-0.39, 0.29) is 5.75 Å². The number of aromatic nitrogens is 3. The molecule has 94 valence electrons. The molecule has 2 rings (SSSR count). The van der Waals surface area contributed by atoms with Gasteiger partial charge in [-0.25, -0.2) is 4.68 Å². The second kappa shape index (κ2) is 4.87. The minimum Gasteiger partial charge on any atom is -0.507 e. The number of aryl methyl sites for hydroxylation is 2. The van der Waals surface area contributed by atoms with E-state index in [4.69, 9.17) is 4.74 Å². The van der Waals surface area contributed by atoms with Gasteiger partial charge < -0.3 is 9.84 Å². The number of hydrogen-bond donors (Lipinski definition) is 1. The predicted octanol–water partition coefficient (Wildman–Crippen LogP) is 1.49. The highest BCUT2D eigenvalue weighted by atomic mass is 16.5. The zero-order valence-corrected chi connectivity index (χ0v) is 10.5. The molecule has 2 aromatic rings. The Morgan fingerprint density at radius 3 is 2.56 bits per heavy atom. The number of benzene rings is 1. The molecule has 0 saturated carbocycles. The van der Waals surface area contributed by atoms with Crippen molar-refractivity contribution in [2.24, 2.45) is 5.10 Å². The average molecular weight is 246 g/mol. The maximum Gasteiger partial charge on any atom is 0.151 e. The molecular formula is C12H14N4O2. The van der Waals surface area contributed by atoms with Crippen molar-refractivity contribution < 1.29 is 9.84 Å². The Bertz CT molecular complexity index is 570. The van der Waals surface area contributed by atoms with Gasteiger partial charge in [-0.05, 0) is 32.0 Å². The van der Waals surface area contributed by atoms with Crippen LogP contribution in [-0.2, 0) is 0 Å². The van der Waals surface area contributed by atoms with Gasteiger partial charge in [-0.1, -0.05) is 0 Å². The third kappa shape index (κ3) is 2.32. The van der Waals surface area contributed by atoms with Crippen LogP contribution in [0.25, 0.3) is 0 Å². The van der Waals surface area contributed by atoms with Gasteiger partial charge in [0, 0.05) is 5.56 Å². The molecule has 1 aromatic carbocycles. The lowest BCUT2D eigenvalue weighted by Gasteiger charge is -2.03. The van der Waals surface area contributed by atoms with E-state index in [1.807, 2.05) is 13.8 Å². The zero-order valence-electron chi connectivity index (χ0n) is 10.5. The summed E-state index contributed by atoms with van der Waals surface area (Å²) in [5.74, 6) is 2.17. The Balaban J connectivity index is 2.34. The van der Waals surface area contributed by atoms with E-state index < -0.39 is 0 Å². The number of ether oxygens (including phenoxy) is 1. The molecule has 18 heavy (non-hydrogen) atoms. The fourth-order valence-corrected chi connectivity index (χ4v) is 1.51. The van der Waals surface area contributed by atoms with Crippen molar-refractivity contribution in [2.45, 2.75) is 13.8 Å². The van der Waals surface area contributed by atoms with Crippen molar-refractivity contribution in [3.63, 3.8) is 0 Å². The van der Waals surface area contributed by atoms with Gasteiger partial charge in [0.2, 0.25) is 0 Å². The van der Waals surface area contributed by atoms with Crippen molar-refractivity contribution in [3.8, 4) is 11.5 Å². The van der Waals surface area contributed by atoms with Crippen molar-refractivity contribution >= 4 is 6.21 Å². The highest BCUT2D eigenvalue weighted by Gasteiger charge is 2.03. The number of hydrogen-bond acceptors (Lipinski definition) is 5. The van der Waals surface area contributed by atoms with Crippen LogP contribution in [0.5, 0.6) is 11.5 Å². The van der Waals surface area contributed by atoms with Gasteiger partial charge in [-0.3, -0.25) is 0 Å². The lowest BCUT2D eigenvalue weighted by molar-refractivity contribution is 0.412. The number of methoxy groups -OCH3 is 1. The predicted molar refractivity (Wildman–Crippen MR) is 67.1 cm³/mol. The first kappa shape index (κ1) is 12.1. The van der Waals surface area contributed by atoms with Gasteiger partial charge in [0.1, 0.15) is 11.5 Å². The number of rotatable bonds is 3. The molecule has 0 saturated heterocycles. The molecular weight excluding hydrogens is 232 g/mol. The van der Waals surface area contributed by atoms with Crippen molar-refractivity contribution in [3.05, 3.63) is 35.4 Å². The van der Waals surface area contributed by atoms with E-state index in [9.17, 15) is 5.11 Å². The van der Waals surface area contributed by atoms with Crippen LogP contribution in [0, 0.1) is 13.8 Å². The molecule has 0 aliphatic rings. The van der Waals surface area contributed by atoms with Crippen LogP contribution in [0.4, 0.5) is 0 Å². The first-order chi connectivity index (χ1) is 8.61. The molecule has 6 heteroatoms. The van der Waals surface area contributed by atoms with Gasteiger partial charge in [-0.2, -0.15) is 5.10 Å². The number of aromatic hydroxyl groups is 1. The summed E-state index contributed by atoms with van der Waals surface area (Å²) < 4.78 is 6.69. The van der Waals surface area contributed by atoms with Gasteiger partial charge in [-0.15, -0.1) is 10.2 Å². The van der Waals surface area contributed by atoms with Crippen LogP contribution in [0.2, 0.25) is 0 Å². The van der Waals surface area contributed by atoms with E-state index >= 15 is 0 Å². The summed E-state index contributed by atoms with van der Waals surface area (Å²) >= 11 is 0. The summed E-state index contributed by atoms with van der Waals surface area (Å²) in [6, 6.07) is 4.95. The molecule has 0 fully saturated rings. The molecule has 0 amide bonds.